The Balaban J connectivity index is 1.52. The minimum absolute atomic E-state index is 0.0294. The van der Waals surface area contributed by atoms with Crippen molar-refractivity contribution in [3.8, 4) is 0 Å². The molecule has 3 saturated carbocycles. The first-order valence-corrected chi connectivity index (χ1v) is 44.8. The van der Waals surface area contributed by atoms with E-state index in [-0.39, 0.29) is 107 Å². The molecule has 7 amide bonds. The fourth-order valence-electron chi connectivity index (χ4n) is 19.9. The van der Waals surface area contributed by atoms with E-state index in [1.54, 1.807) is 95.2 Å². The maximum atomic E-state index is 17.8. The lowest BCUT2D eigenvalue weighted by atomic mass is 9.44. The molecule has 0 aromatic carbocycles. The highest BCUT2D eigenvalue weighted by Crippen LogP contribution is 2.71. The summed E-state index contributed by atoms with van der Waals surface area (Å²) < 4.78 is 39.8. The topological polar surface area (TPSA) is 373 Å². The van der Waals surface area contributed by atoms with Crippen LogP contribution in [0, 0.1) is 93.7 Å². The summed E-state index contributed by atoms with van der Waals surface area (Å²) in [6, 6.07) is -7.85. The second-order valence-corrected chi connectivity index (χ2v) is 39.2. The van der Waals surface area contributed by atoms with Crippen molar-refractivity contribution < 1.29 is 110 Å². The van der Waals surface area contributed by atoms with Gasteiger partial charge in [-0.1, -0.05) is 148 Å². The zero-order valence-corrected chi connectivity index (χ0v) is 79.1. The Kier molecular flexibility index (Phi) is 38.4. The van der Waals surface area contributed by atoms with Gasteiger partial charge >= 0.3 is 18.1 Å². The van der Waals surface area contributed by atoms with Gasteiger partial charge in [0.25, 0.3) is 0 Å². The van der Waals surface area contributed by atoms with Crippen LogP contribution in [-0.4, -0.2) is 268 Å². The van der Waals surface area contributed by atoms with Crippen LogP contribution in [-0.2, 0) is 90.9 Å². The normalized spacial score (nSPS) is 31.5. The van der Waals surface area contributed by atoms with Crippen LogP contribution in [0.1, 0.15) is 241 Å². The molecule has 1 aliphatic heterocycles. The molecule has 0 aromatic heterocycles. The highest BCUT2D eigenvalue weighted by Gasteiger charge is 2.76. The Hall–Kier alpha value is -8.41. The number of carbonyl (C=O) groups is 16. The molecule has 30 heteroatoms. The van der Waals surface area contributed by atoms with E-state index < -0.39 is 257 Å². The van der Waals surface area contributed by atoms with Gasteiger partial charge in [-0.05, 0) is 143 Å². The highest BCUT2D eigenvalue weighted by atomic mass is 19.1. The molecule has 124 heavy (non-hydrogen) atoms. The molecular weight excluding hydrogens is 1600 g/mol. The molecule has 4 fully saturated rings. The first-order chi connectivity index (χ1) is 57.5. The quantitative estimate of drug-likeness (QED) is 0.0392. The Labute approximate surface area is 735 Å². The van der Waals surface area contributed by atoms with E-state index >= 15 is 23.6 Å². The van der Waals surface area contributed by atoms with Crippen LogP contribution in [0.3, 0.4) is 0 Å². The van der Waals surface area contributed by atoms with Crippen molar-refractivity contribution in [3.63, 3.8) is 0 Å². The second kappa shape index (κ2) is 44.8. The number of allylic oxidation sites excluding steroid dienone is 6. The van der Waals surface area contributed by atoms with Gasteiger partial charge in [0.05, 0.1) is 37.6 Å². The van der Waals surface area contributed by atoms with Crippen molar-refractivity contribution in [2.45, 2.75) is 301 Å². The Morgan fingerprint density at radius 3 is 1.60 bits per heavy atom. The number of aliphatic hydroxyl groups is 2. The van der Waals surface area contributed by atoms with E-state index in [4.69, 9.17) is 18.9 Å². The second-order valence-electron chi connectivity index (χ2n) is 39.2. The number of esters is 2. The van der Waals surface area contributed by atoms with Crippen LogP contribution in [0.15, 0.2) is 36.0 Å². The maximum absolute atomic E-state index is 17.8. The van der Waals surface area contributed by atoms with E-state index in [0.29, 0.717) is 12.0 Å². The Bertz CT molecular complexity index is 3980. The van der Waals surface area contributed by atoms with E-state index in [2.05, 4.69) is 0 Å². The number of likely N-dealkylation sites (N-methyl/N-ethyl adjacent to an activating group) is 7. The molecule has 0 aromatic rings. The number of ketones is 6. The van der Waals surface area contributed by atoms with Crippen LogP contribution >= 0.6 is 0 Å². The van der Waals surface area contributed by atoms with Gasteiger partial charge < -0.3 is 63.5 Å². The summed E-state index contributed by atoms with van der Waals surface area (Å²) in [5.74, 6) is -19.2. The average molecular weight is 1750 g/mol. The van der Waals surface area contributed by atoms with Crippen molar-refractivity contribution in [3.05, 3.63) is 36.0 Å². The highest BCUT2D eigenvalue weighted by molar-refractivity contribution is 6.02. The third kappa shape index (κ3) is 24.3. The van der Waals surface area contributed by atoms with Crippen LogP contribution < -0.4 is 0 Å². The first-order valence-electron chi connectivity index (χ1n) is 44.8. The van der Waals surface area contributed by atoms with Crippen molar-refractivity contribution in [2.24, 2.45) is 93.7 Å². The van der Waals surface area contributed by atoms with Gasteiger partial charge in [-0.2, -0.15) is 0 Å². The van der Waals surface area contributed by atoms with Crippen LogP contribution in [0.25, 0.3) is 0 Å². The van der Waals surface area contributed by atoms with Gasteiger partial charge in [-0.15, -0.1) is 0 Å². The minimum atomic E-state index is -2.23. The number of nitrogens with zero attached hydrogens (tertiary/aromatic N) is 7. The number of fused-ring (bicyclic) bond motifs is 5. The molecule has 5 rings (SSSR count). The van der Waals surface area contributed by atoms with Gasteiger partial charge in [0.15, 0.2) is 35.4 Å². The SMILES string of the molecule is C/C=C/C[C@@H](C)[C@@H](OC(=O)OCOC(=O)CCC(=O)OCC(=O)[C@@]1(O)[C@@H](C)CC2C3CCC4=CC(=O)C=C[C@]4(C)[C@@]3(F)[C@@H](O)C[C@@]21C)[C@@H]1C(=O)C[C@H](CC)C(=O)N(C)CC(=O)N(C)[C@@H](CC(C)C)C(=O)C[C@H](C(C)C)C(=O)N(C)[C@H](CC(C)C)C(=O)C[C@H](C)C(=O)C[C@@H](C)C(=O)N(C)[C@H](CC(C)C)C(=O)N(C)[C@H](CC(C)C)C(=O)N(C)[C@H](C(C)C)C(=O)N1C. The fraction of sp³-hybridized carbons (Fsp3) is 0.766. The molecule has 698 valence electrons. The average Bonchev–Trinajstić information content (AvgIpc) is 1.69. The lowest BCUT2D eigenvalue weighted by Crippen LogP contribution is -2.69. The van der Waals surface area contributed by atoms with Gasteiger partial charge in [0.1, 0.15) is 41.7 Å². The van der Waals surface area contributed by atoms with Crippen molar-refractivity contribution >= 4 is 94.1 Å². The van der Waals surface area contributed by atoms with Gasteiger partial charge in [-0.25, -0.2) is 9.18 Å². The molecule has 0 spiro atoms. The number of carbonyl (C=O) groups excluding carboxylic acids is 16. The van der Waals surface area contributed by atoms with Crippen LogP contribution in [0.4, 0.5) is 9.18 Å². The number of amides is 7. The third-order valence-electron chi connectivity index (χ3n) is 27.5. The number of halogens is 1. The largest absolute Gasteiger partial charge is 0.511 e. The summed E-state index contributed by atoms with van der Waals surface area (Å²) in [5.41, 5.74) is -6.55. The molecule has 0 radical (unpaired) electrons. The minimum Gasteiger partial charge on any atom is -0.458 e. The summed E-state index contributed by atoms with van der Waals surface area (Å²) in [5, 5.41) is 24.3. The third-order valence-corrected chi connectivity index (χ3v) is 27.5. The molecule has 1 heterocycles. The van der Waals surface area contributed by atoms with Crippen LogP contribution in [0.2, 0.25) is 0 Å². The van der Waals surface area contributed by atoms with Gasteiger partial charge in [-0.3, -0.25) is 71.9 Å². The maximum Gasteiger partial charge on any atom is 0.511 e. The summed E-state index contributed by atoms with van der Waals surface area (Å²) in [6.07, 6.45) is 0.921. The predicted octanol–water partition coefficient (Wildman–Crippen LogP) is 10.5. The lowest BCUT2D eigenvalue weighted by Gasteiger charge is -2.62. The number of aliphatic hydroxyl groups excluding tert-OH is 1. The molecule has 5 aliphatic rings. The summed E-state index contributed by atoms with van der Waals surface area (Å²) in [4.78, 5) is 242. The monoisotopic (exact) mass is 1750 g/mol. The van der Waals surface area contributed by atoms with Crippen molar-refractivity contribution in [2.75, 3.05) is 69.3 Å². The predicted molar refractivity (Wildman–Crippen MR) is 463 cm³/mol. The number of ether oxygens (including phenoxy) is 4. The lowest BCUT2D eigenvalue weighted by molar-refractivity contribution is -0.220. The zero-order chi connectivity index (χ0) is 94.4. The van der Waals surface area contributed by atoms with Crippen molar-refractivity contribution in [1.29, 1.82) is 0 Å². The Morgan fingerprint density at radius 2 is 1.07 bits per heavy atom. The molecule has 2 N–H and O–H groups in total. The molecule has 29 nitrogen and oxygen atoms in total. The van der Waals surface area contributed by atoms with Crippen LogP contribution in [0.5, 0.6) is 0 Å². The standard InChI is InChI=1S/C94H148FN7O22/c1-28-30-31-58(15)83(124-90(119)123-51-122-80(112)35-34-79(111)121-50-77(109)94(120)61(18)44-67-66-33-32-63-46-64(103)36-37-91(63,19)93(66,95)76(108)48-92(67,94)20)82-75(107)45-62(29-2)85(114)96(21)49-78(110)97(22)68(38-52(3)4)74(106)47-65(56(11)12)86(115)98(23)69(39-53(5)6)73(105)42-59(16)72(104)43-60(17)84(113)99(24)70(40-54(7)8)87(116)100(25)71(41-55(9)10)88(117)101(26)81(57(13)14)89(118)102(82)27/h28,30,36-37,46,52-62,65-71,76,81-83,108,120H,29,31-35,38-45,47-51H2,1-27H3/b30-28+/t58-,59+,60-,61+,62+,65-,66?,67?,68+,69-,70-,71-,76+,81-,82+,83-,91+,92+,93+,94+/m1/s1. The van der Waals surface area contributed by atoms with Crippen molar-refractivity contribution in [1.82, 2.24) is 34.3 Å². The van der Waals surface area contributed by atoms with E-state index in [1.165, 1.54) is 92.1 Å². The molecule has 2 unspecified atom stereocenters. The number of alkyl halides is 1. The summed E-state index contributed by atoms with van der Waals surface area (Å²) in [6.45, 7) is 32.1. The molecule has 1 saturated heterocycles. The number of Topliss-reactive ketones (excluding diaryl/α,β-unsaturated/α-hetero) is 5. The molecular formula is C94H148FN7O22. The molecule has 20 atom stereocenters. The van der Waals surface area contributed by atoms with Gasteiger partial charge in [0, 0.05) is 115 Å². The number of rotatable bonds is 24. The van der Waals surface area contributed by atoms with E-state index in [1.807, 2.05) is 55.4 Å². The molecule has 4 aliphatic carbocycles. The fourth-order valence-corrected chi connectivity index (χ4v) is 19.9. The smallest absolute Gasteiger partial charge is 0.458 e. The molecule has 0 bridgehead atoms. The number of hydrogen-bond acceptors (Lipinski definition) is 22. The first kappa shape index (κ1) is 106. The zero-order valence-electron chi connectivity index (χ0n) is 79.1. The number of hydrogen-bond donors (Lipinski definition) is 2. The summed E-state index contributed by atoms with van der Waals surface area (Å²) >= 11 is 0. The van der Waals surface area contributed by atoms with Gasteiger partial charge in [0.2, 0.25) is 53.9 Å². The Morgan fingerprint density at radius 1 is 0.573 bits per heavy atom. The summed E-state index contributed by atoms with van der Waals surface area (Å²) in [7, 11) is 9.81. The van der Waals surface area contributed by atoms with E-state index in [9.17, 15) is 67.7 Å². The van der Waals surface area contributed by atoms with E-state index in [0.717, 1.165) is 9.80 Å².